The molecule has 0 saturated heterocycles. The highest BCUT2D eigenvalue weighted by atomic mass is 35.5. The summed E-state index contributed by atoms with van der Waals surface area (Å²) in [6.45, 7) is 2.04. The molecule has 0 aromatic heterocycles. The first-order chi connectivity index (χ1) is 10.6. The van der Waals surface area contributed by atoms with Gasteiger partial charge in [-0.25, -0.2) is 0 Å². The maximum absolute atomic E-state index is 12.3. The zero-order chi connectivity index (χ0) is 15.9. The Bertz CT molecular complexity index is 682. The minimum absolute atomic E-state index is 0.0388. The Hall–Kier alpha value is -2.13. The van der Waals surface area contributed by atoms with Crippen molar-refractivity contribution < 1.29 is 9.59 Å². The van der Waals surface area contributed by atoms with Crippen molar-refractivity contribution in [3.63, 3.8) is 0 Å². The number of rotatable bonds is 6. The molecule has 0 radical (unpaired) electrons. The Kier molecular flexibility index (Phi) is 5.73. The van der Waals surface area contributed by atoms with Crippen LogP contribution in [0.15, 0.2) is 48.5 Å². The van der Waals surface area contributed by atoms with E-state index in [9.17, 15) is 9.59 Å². The van der Waals surface area contributed by atoms with Crippen molar-refractivity contribution in [2.24, 2.45) is 0 Å². The van der Waals surface area contributed by atoms with E-state index in [2.05, 4.69) is 5.32 Å². The average Bonchev–Trinajstić information content (AvgIpc) is 2.53. The van der Waals surface area contributed by atoms with Gasteiger partial charge in [-0.2, -0.15) is 0 Å². The number of Topliss-reactive ketones (excluding diaryl/α,β-unsaturated/α-hetero) is 1. The molecule has 0 fully saturated rings. The summed E-state index contributed by atoms with van der Waals surface area (Å²) in [5.74, 6) is -0.279. The normalized spacial score (nSPS) is 10.3. The van der Waals surface area contributed by atoms with Gasteiger partial charge in [0.05, 0.1) is 16.3 Å². The second-order valence-corrected chi connectivity index (χ2v) is 5.41. The van der Waals surface area contributed by atoms with Crippen LogP contribution >= 0.6 is 11.6 Å². The fraction of sp³-hybridized carbons (Fsp3) is 0.222. The van der Waals surface area contributed by atoms with Crippen LogP contribution in [0, 0.1) is 0 Å². The summed E-state index contributed by atoms with van der Waals surface area (Å²) in [7, 11) is 0. The van der Waals surface area contributed by atoms with Gasteiger partial charge < -0.3 is 5.32 Å². The van der Waals surface area contributed by atoms with Crippen molar-refractivity contribution in [2.45, 2.75) is 26.2 Å². The molecule has 0 atom stereocenters. The van der Waals surface area contributed by atoms with E-state index in [4.69, 9.17) is 11.6 Å². The molecule has 0 unspecified atom stereocenters. The SMILES string of the molecule is CCCCC(=O)c1ccccc1NC(=O)c1ccccc1Cl. The number of halogens is 1. The van der Waals surface area contributed by atoms with E-state index in [1.165, 1.54) is 0 Å². The van der Waals surface area contributed by atoms with E-state index in [-0.39, 0.29) is 11.7 Å². The fourth-order valence-electron chi connectivity index (χ4n) is 2.14. The summed E-state index contributed by atoms with van der Waals surface area (Å²) in [5.41, 5.74) is 1.45. The quantitative estimate of drug-likeness (QED) is 0.765. The molecule has 0 aliphatic rings. The van der Waals surface area contributed by atoms with E-state index in [0.717, 1.165) is 12.8 Å². The Morgan fingerprint density at radius 1 is 1.00 bits per heavy atom. The highest BCUT2D eigenvalue weighted by Gasteiger charge is 2.15. The van der Waals surface area contributed by atoms with E-state index >= 15 is 0 Å². The van der Waals surface area contributed by atoms with Gasteiger partial charge in [0.1, 0.15) is 0 Å². The van der Waals surface area contributed by atoms with Crippen molar-refractivity contribution in [1.29, 1.82) is 0 Å². The number of para-hydroxylation sites is 1. The first-order valence-electron chi connectivity index (χ1n) is 7.31. The topological polar surface area (TPSA) is 46.2 Å². The molecule has 0 saturated carbocycles. The van der Waals surface area contributed by atoms with Crippen molar-refractivity contribution in [3.8, 4) is 0 Å². The standard InChI is InChI=1S/C18H18ClNO2/c1-2-3-12-17(21)14-9-5-7-11-16(14)20-18(22)13-8-4-6-10-15(13)19/h4-11H,2-3,12H2,1H3,(H,20,22). The Morgan fingerprint density at radius 3 is 2.32 bits per heavy atom. The molecule has 2 aromatic carbocycles. The molecule has 4 heteroatoms. The maximum atomic E-state index is 12.3. The van der Waals surface area contributed by atoms with Gasteiger partial charge in [-0.05, 0) is 30.7 Å². The van der Waals surface area contributed by atoms with Crippen LogP contribution in [0.4, 0.5) is 5.69 Å². The molecular formula is C18H18ClNO2. The second-order valence-electron chi connectivity index (χ2n) is 5.01. The van der Waals surface area contributed by atoms with Gasteiger partial charge in [0, 0.05) is 12.0 Å². The summed E-state index contributed by atoms with van der Waals surface area (Å²) in [4.78, 5) is 24.5. The number of benzene rings is 2. The molecule has 1 amide bonds. The fourth-order valence-corrected chi connectivity index (χ4v) is 2.36. The lowest BCUT2D eigenvalue weighted by molar-refractivity contribution is 0.0980. The van der Waals surface area contributed by atoms with E-state index < -0.39 is 0 Å². The molecule has 2 aromatic rings. The van der Waals surface area contributed by atoms with Gasteiger partial charge in [0.25, 0.3) is 5.91 Å². The predicted molar refractivity (Wildman–Crippen MR) is 89.7 cm³/mol. The van der Waals surface area contributed by atoms with E-state index in [1.807, 2.05) is 6.92 Å². The second kappa shape index (κ2) is 7.76. The smallest absolute Gasteiger partial charge is 0.257 e. The molecule has 2 rings (SSSR count). The Labute approximate surface area is 135 Å². The van der Waals surface area contributed by atoms with Crippen LogP contribution in [0.25, 0.3) is 0 Å². The van der Waals surface area contributed by atoms with Gasteiger partial charge in [-0.3, -0.25) is 9.59 Å². The van der Waals surface area contributed by atoms with E-state index in [1.54, 1.807) is 48.5 Å². The molecule has 22 heavy (non-hydrogen) atoms. The van der Waals surface area contributed by atoms with Crippen molar-refractivity contribution in [1.82, 2.24) is 0 Å². The Morgan fingerprint density at radius 2 is 1.64 bits per heavy atom. The van der Waals surface area contributed by atoms with Crippen LogP contribution in [0.5, 0.6) is 0 Å². The minimum Gasteiger partial charge on any atom is -0.321 e. The number of carbonyl (C=O) groups excluding carboxylic acids is 2. The number of hydrogen-bond acceptors (Lipinski definition) is 2. The first-order valence-corrected chi connectivity index (χ1v) is 7.69. The summed E-state index contributed by atoms with van der Waals surface area (Å²) >= 11 is 6.03. The van der Waals surface area contributed by atoms with Crippen LogP contribution < -0.4 is 5.32 Å². The number of ketones is 1. The number of carbonyl (C=O) groups is 2. The third-order valence-electron chi connectivity index (χ3n) is 3.35. The maximum Gasteiger partial charge on any atom is 0.257 e. The van der Waals surface area contributed by atoms with Crippen LogP contribution in [0.3, 0.4) is 0 Å². The molecule has 3 nitrogen and oxygen atoms in total. The van der Waals surface area contributed by atoms with Crippen molar-refractivity contribution >= 4 is 29.0 Å². The van der Waals surface area contributed by atoms with Crippen molar-refractivity contribution in [3.05, 3.63) is 64.7 Å². The summed E-state index contributed by atoms with van der Waals surface area (Å²) < 4.78 is 0. The molecule has 0 bridgehead atoms. The lowest BCUT2D eigenvalue weighted by Gasteiger charge is -2.11. The third kappa shape index (κ3) is 3.95. The largest absolute Gasteiger partial charge is 0.321 e. The number of hydrogen-bond donors (Lipinski definition) is 1. The average molecular weight is 316 g/mol. The van der Waals surface area contributed by atoms with Crippen LogP contribution in [-0.4, -0.2) is 11.7 Å². The molecule has 0 spiro atoms. The molecular weight excluding hydrogens is 298 g/mol. The molecule has 0 aliphatic heterocycles. The highest BCUT2D eigenvalue weighted by molar-refractivity contribution is 6.34. The number of nitrogens with one attached hydrogen (secondary N) is 1. The lowest BCUT2D eigenvalue weighted by Crippen LogP contribution is -2.15. The van der Waals surface area contributed by atoms with Crippen LogP contribution in [0.2, 0.25) is 5.02 Å². The highest BCUT2D eigenvalue weighted by Crippen LogP contribution is 2.21. The molecule has 114 valence electrons. The monoisotopic (exact) mass is 315 g/mol. The number of unbranched alkanes of at least 4 members (excludes halogenated alkanes) is 1. The minimum atomic E-state index is -0.318. The van der Waals surface area contributed by atoms with Gasteiger partial charge >= 0.3 is 0 Å². The first kappa shape index (κ1) is 16.2. The molecule has 1 N–H and O–H groups in total. The third-order valence-corrected chi connectivity index (χ3v) is 3.68. The lowest BCUT2D eigenvalue weighted by atomic mass is 10.0. The Balaban J connectivity index is 2.21. The van der Waals surface area contributed by atoms with Gasteiger partial charge in [0.15, 0.2) is 5.78 Å². The van der Waals surface area contributed by atoms with Crippen LogP contribution in [-0.2, 0) is 0 Å². The predicted octanol–water partition coefficient (Wildman–Crippen LogP) is 4.97. The van der Waals surface area contributed by atoms with Crippen molar-refractivity contribution in [2.75, 3.05) is 5.32 Å². The van der Waals surface area contributed by atoms with E-state index in [0.29, 0.717) is 28.3 Å². The zero-order valence-electron chi connectivity index (χ0n) is 12.4. The molecule has 0 aliphatic carbocycles. The van der Waals surface area contributed by atoms with Gasteiger partial charge in [0.2, 0.25) is 0 Å². The number of amides is 1. The summed E-state index contributed by atoms with van der Waals surface area (Å²) in [6.07, 6.45) is 2.28. The summed E-state index contributed by atoms with van der Waals surface area (Å²) in [6, 6.07) is 13.9. The van der Waals surface area contributed by atoms with Gasteiger partial charge in [-0.1, -0.05) is 49.2 Å². The summed E-state index contributed by atoms with van der Waals surface area (Å²) in [5, 5.41) is 3.16. The van der Waals surface area contributed by atoms with Gasteiger partial charge in [-0.15, -0.1) is 0 Å². The zero-order valence-corrected chi connectivity index (χ0v) is 13.2. The van der Waals surface area contributed by atoms with Crippen LogP contribution in [0.1, 0.15) is 46.9 Å². The molecule has 0 heterocycles. The number of anilines is 1.